The van der Waals surface area contributed by atoms with Crippen LogP contribution >= 0.6 is 0 Å². The van der Waals surface area contributed by atoms with E-state index in [4.69, 9.17) is 4.74 Å². The summed E-state index contributed by atoms with van der Waals surface area (Å²) < 4.78 is 18.8. The quantitative estimate of drug-likeness (QED) is 0.769. The van der Waals surface area contributed by atoms with Crippen LogP contribution in [0.15, 0.2) is 42.5 Å². The smallest absolute Gasteiger partial charge is 0.159 e. The molecule has 2 aromatic rings. The first-order valence-corrected chi connectivity index (χ1v) is 5.56. The number of benzene rings is 2. The number of methoxy groups -OCH3 is 1. The molecule has 0 aliphatic rings. The van der Waals surface area contributed by atoms with Gasteiger partial charge in [-0.25, -0.2) is 4.39 Å². The van der Waals surface area contributed by atoms with Crippen molar-refractivity contribution in [2.75, 3.05) is 7.11 Å². The third kappa shape index (κ3) is 2.40. The normalized spacial score (nSPS) is 10.2. The highest BCUT2D eigenvalue weighted by atomic mass is 19.1. The lowest BCUT2D eigenvalue weighted by Crippen LogP contribution is -1.92. The first kappa shape index (κ1) is 12.3. The fraction of sp³-hybridized carbons (Fsp3) is 0.133. The molecule has 0 aromatic heterocycles. The summed E-state index contributed by atoms with van der Waals surface area (Å²) in [6.07, 6.45) is 0. The Kier molecular flexibility index (Phi) is 3.42. The van der Waals surface area contributed by atoms with E-state index in [1.807, 2.05) is 0 Å². The van der Waals surface area contributed by atoms with Crippen LogP contribution in [-0.2, 0) is 0 Å². The SMILES string of the molecule is COc1ccc(-c2ccc(C(C)=O)cc2)c(F)c1. The molecule has 2 nitrogen and oxygen atoms in total. The zero-order valence-corrected chi connectivity index (χ0v) is 10.2. The third-order valence-corrected chi connectivity index (χ3v) is 2.78. The van der Waals surface area contributed by atoms with Crippen LogP contribution in [0.2, 0.25) is 0 Å². The number of carbonyl (C=O) groups is 1. The van der Waals surface area contributed by atoms with Crippen LogP contribution in [-0.4, -0.2) is 12.9 Å². The molecule has 0 saturated heterocycles. The second kappa shape index (κ2) is 5.00. The van der Waals surface area contributed by atoms with Gasteiger partial charge in [0.05, 0.1) is 7.11 Å². The first-order valence-electron chi connectivity index (χ1n) is 5.56. The molecule has 0 fully saturated rings. The summed E-state index contributed by atoms with van der Waals surface area (Å²) in [5.74, 6) is 0.137. The molecular formula is C15H13FO2. The lowest BCUT2D eigenvalue weighted by atomic mass is 10.0. The van der Waals surface area contributed by atoms with E-state index >= 15 is 0 Å². The summed E-state index contributed by atoms with van der Waals surface area (Å²) in [5, 5.41) is 0. The van der Waals surface area contributed by atoms with Crippen molar-refractivity contribution in [3.63, 3.8) is 0 Å². The Morgan fingerprint density at radius 3 is 2.28 bits per heavy atom. The molecule has 0 bridgehead atoms. The zero-order chi connectivity index (χ0) is 13.1. The number of Topliss-reactive ketones (excluding diaryl/α,β-unsaturated/α-hetero) is 1. The van der Waals surface area contributed by atoms with Crippen LogP contribution in [0.1, 0.15) is 17.3 Å². The van der Waals surface area contributed by atoms with Crippen LogP contribution in [0.5, 0.6) is 5.75 Å². The summed E-state index contributed by atoms with van der Waals surface area (Å²) >= 11 is 0. The van der Waals surface area contributed by atoms with E-state index in [0.717, 1.165) is 5.56 Å². The Labute approximate surface area is 105 Å². The summed E-state index contributed by atoms with van der Waals surface area (Å²) in [7, 11) is 1.50. The average molecular weight is 244 g/mol. The van der Waals surface area contributed by atoms with Crippen molar-refractivity contribution in [2.45, 2.75) is 6.92 Å². The molecule has 0 aliphatic heterocycles. The lowest BCUT2D eigenvalue weighted by molar-refractivity contribution is 0.101. The first-order chi connectivity index (χ1) is 8.61. The summed E-state index contributed by atoms with van der Waals surface area (Å²) in [6, 6.07) is 11.6. The zero-order valence-electron chi connectivity index (χ0n) is 10.2. The van der Waals surface area contributed by atoms with Gasteiger partial charge in [-0.15, -0.1) is 0 Å². The molecule has 0 atom stereocenters. The fourth-order valence-electron chi connectivity index (χ4n) is 1.74. The predicted molar refractivity (Wildman–Crippen MR) is 68.4 cm³/mol. The van der Waals surface area contributed by atoms with Crippen LogP contribution in [0.3, 0.4) is 0 Å². The van der Waals surface area contributed by atoms with E-state index in [2.05, 4.69) is 0 Å². The number of ketones is 1. The van der Waals surface area contributed by atoms with Gasteiger partial charge in [0.2, 0.25) is 0 Å². The molecule has 92 valence electrons. The van der Waals surface area contributed by atoms with E-state index < -0.39 is 0 Å². The maximum absolute atomic E-state index is 13.8. The van der Waals surface area contributed by atoms with Crippen molar-refractivity contribution in [3.05, 3.63) is 53.8 Å². The van der Waals surface area contributed by atoms with Crippen LogP contribution in [0.4, 0.5) is 4.39 Å². The topological polar surface area (TPSA) is 26.3 Å². The monoisotopic (exact) mass is 244 g/mol. The third-order valence-electron chi connectivity index (χ3n) is 2.78. The standard InChI is InChI=1S/C15H13FO2/c1-10(17)11-3-5-12(6-4-11)14-8-7-13(18-2)9-15(14)16/h3-9H,1-2H3. The number of hydrogen-bond donors (Lipinski definition) is 0. The van der Waals surface area contributed by atoms with Crippen molar-refractivity contribution in [2.24, 2.45) is 0 Å². The van der Waals surface area contributed by atoms with Gasteiger partial charge < -0.3 is 4.74 Å². The predicted octanol–water partition coefficient (Wildman–Crippen LogP) is 3.70. The van der Waals surface area contributed by atoms with E-state index in [9.17, 15) is 9.18 Å². The Morgan fingerprint density at radius 2 is 1.78 bits per heavy atom. The highest BCUT2D eigenvalue weighted by molar-refractivity contribution is 5.94. The maximum Gasteiger partial charge on any atom is 0.159 e. The molecule has 18 heavy (non-hydrogen) atoms. The van der Waals surface area contributed by atoms with E-state index in [1.54, 1.807) is 36.4 Å². The molecule has 3 heteroatoms. The molecule has 2 rings (SSSR count). The number of rotatable bonds is 3. The van der Waals surface area contributed by atoms with Crippen LogP contribution < -0.4 is 4.74 Å². The average Bonchev–Trinajstić information content (AvgIpc) is 2.38. The van der Waals surface area contributed by atoms with E-state index in [0.29, 0.717) is 16.9 Å². The molecule has 0 saturated carbocycles. The minimum atomic E-state index is -0.343. The molecule has 0 amide bonds. The van der Waals surface area contributed by atoms with Crippen molar-refractivity contribution in [1.82, 2.24) is 0 Å². The Hall–Kier alpha value is -2.16. The van der Waals surface area contributed by atoms with Gasteiger partial charge in [0.25, 0.3) is 0 Å². The highest BCUT2D eigenvalue weighted by Crippen LogP contribution is 2.26. The van der Waals surface area contributed by atoms with Gasteiger partial charge >= 0.3 is 0 Å². The van der Waals surface area contributed by atoms with Crippen molar-refractivity contribution in [3.8, 4) is 16.9 Å². The van der Waals surface area contributed by atoms with Gasteiger partial charge in [-0.05, 0) is 24.6 Å². The largest absolute Gasteiger partial charge is 0.497 e. The van der Waals surface area contributed by atoms with Crippen LogP contribution in [0.25, 0.3) is 11.1 Å². The number of carbonyl (C=O) groups excluding carboxylic acids is 1. The number of halogens is 1. The highest BCUT2D eigenvalue weighted by Gasteiger charge is 2.07. The Bertz CT molecular complexity index is 574. The number of hydrogen-bond acceptors (Lipinski definition) is 2. The van der Waals surface area contributed by atoms with Crippen LogP contribution in [0, 0.1) is 5.82 Å². The fourth-order valence-corrected chi connectivity index (χ4v) is 1.74. The summed E-state index contributed by atoms with van der Waals surface area (Å²) in [5.41, 5.74) is 1.85. The summed E-state index contributed by atoms with van der Waals surface area (Å²) in [4.78, 5) is 11.2. The van der Waals surface area contributed by atoms with Crippen molar-refractivity contribution >= 4 is 5.78 Å². The van der Waals surface area contributed by atoms with Gasteiger partial charge in [-0.2, -0.15) is 0 Å². The Morgan fingerprint density at radius 1 is 1.11 bits per heavy atom. The molecule has 0 radical (unpaired) electrons. The molecule has 0 spiro atoms. The molecule has 0 aliphatic carbocycles. The second-order valence-electron chi connectivity index (χ2n) is 3.98. The van der Waals surface area contributed by atoms with E-state index in [1.165, 1.54) is 20.1 Å². The molecule has 2 aromatic carbocycles. The molecule has 0 heterocycles. The van der Waals surface area contributed by atoms with E-state index in [-0.39, 0.29) is 11.6 Å². The molecular weight excluding hydrogens is 231 g/mol. The molecule has 0 unspecified atom stereocenters. The summed E-state index contributed by atoms with van der Waals surface area (Å²) in [6.45, 7) is 1.50. The minimum absolute atomic E-state index is 0.00301. The van der Waals surface area contributed by atoms with Gasteiger partial charge in [0.15, 0.2) is 5.78 Å². The van der Waals surface area contributed by atoms with Gasteiger partial charge in [0.1, 0.15) is 11.6 Å². The van der Waals surface area contributed by atoms with Crippen molar-refractivity contribution < 1.29 is 13.9 Å². The van der Waals surface area contributed by atoms with Gasteiger partial charge in [0, 0.05) is 17.2 Å². The molecule has 0 N–H and O–H groups in total. The lowest BCUT2D eigenvalue weighted by Gasteiger charge is -2.06. The van der Waals surface area contributed by atoms with Crippen molar-refractivity contribution in [1.29, 1.82) is 0 Å². The second-order valence-corrected chi connectivity index (χ2v) is 3.98. The van der Waals surface area contributed by atoms with Gasteiger partial charge in [-0.3, -0.25) is 4.79 Å². The van der Waals surface area contributed by atoms with Gasteiger partial charge in [-0.1, -0.05) is 24.3 Å². The number of ether oxygens (including phenoxy) is 1. The maximum atomic E-state index is 13.8. The minimum Gasteiger partial charge on any atom is -0.497 e. The Balaban J connectivity index is 2.39.